The fraction of sp³-hybridized carbons (Fsp3) is 0.604. The number of ketones is 2. The van der Waals surface area contributed by atoms with Crippen LogP contribution in [-0.4, -0.2) is 108 Å². The first-order valence-corrected chi connectivity index (χ1v) is 24.4. The fourth-order valence-corrected chi connectivity index (χ4v) is 12.5. The van der Waals surface area contributed by atoms with Gasteiger partial charge in [0.05, 0.1) is 25.1 Å². The molecule has 67 heavy (non-hydrogen) atoms. The minimum Gasteiger partial charge on any atom is -0.393 e. The monoisotopic (exact) mass is 923 g/mol. The van der Waals surface area contributed by atoms with Crippen LogP contribution in [0.5, 0.6) is 0 Å². The zero-order valence-corrected chi connectivity index (χ0v) is 40.8. The molecule has 3 saturated carbocycles. The molecule has 4 aliphatic carbocycles. The normalized spacial score (nSPS) is 28.3. The van der Waals surface area contributed by atoms with Gasteiger partial charge in [-0.1, -0.05) is 81.8 Å². The summed E-state index contributed by atoms with van der Waals surface area (Å²) in [6.45, 7) is 13.9. The van der Waals surface area contributed by atoms with E-state index in [1.807, 2.05) is 6.92 Å². The molecule has 14 nitrogen and oxygen atoms in total. The number of aliphatic hydroxyl groups is 3. The molecule has 2 aromatic carbocycles. The molecule has 0 spiro atoms. The first-order valence-electron chi connectivity index (χ1n) is 24.4. The summed E-state index contributed by atoms with van der Waals surface area (Å²) in [5.74, 6) is 0.722. The van der Waals surface area contributed by atoms with Crippen molar-refractivity contribution in [2.24, 2.45) is 55.6 Å². The SMILES string of the molecule is CC(C)COCC(CN(Cc1ccccc1)c1ccccc1)N1CCCC1.C[C@]12CCC(=O)C=C1CC[C@@H]1[C@@H]2[C@@H](O)C[C@@]2(C)[C@H]1CC[C@]2(O)C(=O)CO.Cn1c(=O)c2c(ncn2C)n(C)c1=O. The number of aryl methyl sites for hydroxylation is 2. The second kappa shape index (κ2) is 20.9. The molecule has 9 rings (SSSR count). The summed E-state index contributed by atoms with van der Waals surface area (Å²) in [4.78, 5) is 56.5. The molecule has 5 aliphatic rings. The van der Waals surface area contributed by atoms with Crippen molar-refractivity contribution in [1.29, 1.82) is 0 Å². The number of benzene rings is 2. The van der Waals surface area contributed by atoms with Crippen molar-refractivity contribution in [1.82, 2.24) is 23.6 Å². The molecule has 1 unspecified atom stereocenters. The average Bonchev–Trinajstić information content (AvgIpc) is 4.06. The third-order valence-corrected chi connectivity index (χ3v) is 16.2. The van der Waals surface area contributed by atoms with E-state index in [1.165, 1.54) is 60.7 Å². The summed E-state index contributed by atoms with van der Waals surface area (Å²) in [7, 11) is 4.77. The maximum absolute atomic E-state index is 12.4. The van der Waals surface area contributed by atoms with Gasteiger partial charge in [-0.2, -0.15) is 0 Å². The zero-order chi connectivity index (χ0) is 48.3. The van der Waals surface area contributed by atoms with Gasteiger partial charge in [-0.3, -0.25) is 28.4 Å². The van der Waals surface area contributed by atoms with Crippen molar-refractivity contribution in [3.05, 3.63) is 105 Å². The van der Waals surface area contributed by atoms with Crippen LogP contribution in [0.25, 0.3) is 11.2 Å². The number of carbonyl (C=O) groups excluding carboxylic acids is 2. The molecule has 364 valence electrons. The minimum absolute atomic E-state index is 0.0697. The van der Waals surface area contributed by atoms with Crippen molar-refractivity contribution in [2.45, 2.75) is 110 Å². The Balaban J connectivity index is 0.000000157. The van der Waals surface area contributed by atoms with Crippen LogP contribution in [0.4, 0.5) is 5.69 Å². The smallest absolute Gasteiger partial charge is 0.332 e. The minimum atomic E-state index is -1.54. The summed E-state index contributed by atoms with van der Waals surface area (Å²) in [5.41, 5.74) is 1.59. The Hall–Kier alpha value is -4.73. The van der Waals surface area contributed by atoms with Crippen molar-refractivity contribution in [3.63, 3.8) is 0 Å². The van der Waals surface area contributed by atoms with E-state index in [4.69, 9.17) is 4.74 Å². The van der Waals surface area contributed by atoms with Gasteiger partial charge in [0.2, 0.25) is 0 Å². The first-order chi connectivity index (χ1) is 31.9. The third-order valence-electron chi connectivity index (χ3n) is 16.2. The van der Waals surface area contributed by atoms with E-state index < -0.39 is 29.5 Å². The van der Waals surface area contributed by atoms with Crippen LogP contribution in [0.15, 0.2) is 88.2 Å². The molecule has 8 atom stereocenters. The zero-order valence-electron chi connectivity index (χ0n) is 40.8. The van der Waals surface area contributed by atoms with E-state index in [9.17, 15) is 34.5 Å². The first kappa shape index (κ1) is 50.2. The van der Waals surface area contributed by atoms with Gasteiger partial charge < -0.3 is 29.5 Å². The van der Waals surface area contributed by atoms with Gasteiger partial charge >= 0.3 is 5.69 Å². The lowest BCUT2D eigenvalue weighted by Crippen LogP contribution is -2.62. The number of aromatic nitrogens is 4. The van der Waals surface area contributed by atoms with Gasteiger partial charge in [-0.15, -0.1) is 0 Å². The van der Waals surface area contributed by atoms with Gasteiger partial charge in [0, 0.05) is 58.4 Å². The van der Waals surface area contributed by atoms with Gasteiger partial charge in [-0.25, -0.2) is 9.78 Å². The van der Waals surface area contributed by atoms with Crippen LogP contribution in [0.1, 0.15) is 91.0 Å². The largest absolute Gasteiger partial charge is 0.393 e. The lowest BCUT2D eigenvalue weighted by molar-refractivity contribution is -0.182. The highest BCUT2D eigenvalue weighted by Gasteiger charge is 2.68. The molecular weight excluding hydrogens is 849 g/mol. The van der Waals surface area contributed by atoms with Crippen molar-refractivity contribution in [3.8, 4) is 0 Å². The van der Waals surface area contributed by atoms with E-state index in [2.05, 4.69) is 96.2 Å². The van der Waals surface area contributed by atoms with E-state index >= 15 is 0 Å². The summed E-state index contributed by atoms with van der Waals surface area (Å²) in [5, 5.41) is 31.7. The molecule has 0 radical (unpaired) electrons. The maximum atomic E-state index is 12.4. The van der Waals surface area contributed by atoms with Crippen molar-refractivity contribution < 1.29 is 29.6 Å². The molecule has 14 heteroatoms. The highest BCUT2D eigenvalue weighted by atomic mass is 16.5. The van der Waals surface area contributed by atoms with E-state index in [0.29, 0.717) is 42.4 Å². The second-order valence-corrected chi connectivity index (χ2v) is 20.8. The number of rotatable bonds is 12. The number of anilines is 1. The molecule has 1 saturated heterocycles. The van der Waals surface area contributed by atoms with Gasteiger partial charge in [0.15, 0.2) is 22.7 Å². The number of likely N-dealkylation sites (tertiary alicyclic amines) is 1. The summed E-state index contributed by atoms with van der Waals surface area (Å²) < 4.78 is 10.1. The number of Topliss-reactive ketones (excluding diaryl/α,β-unsaturated/α-hetero) is 1. The Morgan fingerprint density at radius 1 is 0.910 bits per heavy atom. The van der Waals surface area contributed by atoms with E-state index in [1.54, 1.807) is 24.7 Å². The predicted octanol–water partition coefficient (Wildman–Crippen LogP) is 5.58. The van der Waals surface area contributed by atoms with Crippen molar-refractivity contribution in [2.75, 3.05) is 44.4 Å². The number of para-hydroxylation sites is 1. The highest BCUT2D eigenvalue weighted by molar-refractivity contribution is 5.92. The number of hydrogen-bond acceptors (Lipinski definition) is 11. The quantitative estimate of drug-likeness (QED) is 0.162. The number of ether oxygens (including phenoxy) is 1. The fourth-order valence-electron chi connectivity index (χ4n) is 12.5. The number of imidazole rings is 1. The molecule has 2 aromatic heterocycles. The Kier molecular flexibility index (Phi) is 15.6. The van der Waals surface area contributed by atoms with Crippen LogP contribution in [0, 0.1) is 34.5 Å². The lowest BCUT2D eigenvalue weighted by Gasteiger charge is -2.60. The maximum Gasteiger partial charge on any atom is 0.332 e. The number of allylic oxidation sites excluding steroid dienone is 1. The molecule has 3 heterocycles. The Labute approximate surface area is 395 Å². The van der Waals surface area contributed by atoms with Crippen LogP contribution < -0.4 is 16.1 Å². The summed E-state index contributed by atoms with van der Waals surface area (Å²) in [6, 6.07) is 22.0. The molecule has 4 aromatic rings. The molecule has 4 fully saturated rings. The van der Waals surface area contributed by atoms with Crippen molar-refractivity contribution >= 4 is 28.4 Å². The molecule has 3 N–H and O–H groups in total. The Bertz CT molecular complexity index is 2490. The Morgan fingerprint density at radius 2 is 1.58 bits per heavy atom. The summed E-state index contributed by atoms with van der Waals surface area (Å²) in [6.07, 6.45) is 9.87. The topological polar surface area (TPSA) is 172 Å². The van der Waals surface area contributed by atoms with Gasteiger partial charge in [0.1, 0.15) is 12.2 Å². The lowest BCUT2D eigenvalue weighted by atomic mass is 9.45. The third kappa shape index (κ3) is 10.1. The van der Waals surface area contributed by atoms with Crippen LogP contribution in [0.3, 0.4) is 0 Å². The molecule has 1 aliphatic heterocycles. The van der Waals surface area contributed by atoms with Gasteiger partial charge in [-0.05, 0) is 117 Å². The molecular formula is C53H74N6O8. The second-order valence-electron chi connectivity index (χ2n) is 20.8. The number of fused-ring (bicyclic) bond motifs is 6. The number of carbonyl (C=O) groups is 2. The molecule has 0 bridgehead atoms. The van der Waals surface area contributed by atoms with E-state index in [0.717, 1.165) is 56.6 Å². The van der Waals surface area contributed by atoms with Crippen LogP contribution in [-0.2, 0) is 42.0 Å². The molecule has 0 amide bonds. The number of nitrogens with zero attached hydrogens (tertiary/aromatic N) is 6. The summed E-state index contributed by atoms with van der Waals surface area (Å²) >= 11 is 0. The Morgan fingerprint density at radius 3 is 2.24 bits per heavy atom. The van der Waals surface area contributed by atoms with Crippen LogP contribution >= 0.6 is 0 Å². The predicted molar refractivity (Wildman–Crippen MR) is 261 cm³/mol. The van der Waals surface area contributed by atoms with Gasteiger partial charge in [0.25, 0.3) is 5.56 Å². The average molecular weight is 923 g/mol. The van der Waals surface area contributed by atoms with Crippen LogP contribution in [0.2, 0.25) is 0 Å². The number of hydrogen-bond donors (Lipinski definition) is 3. The number of aliphatic hydroxyl groups excluding tert-OH is 2. The van der Waals surface area contributed by atoms with E-state index in [-0.39, 0.29) is 40.2 Å². The highest BCUT2D eigenvalue weighted by Crippen LogP contribution is 2.67. The standard InChI is InChI=1S/C24H34N2O.C21H30O5.C8H10N4O2/c1-21(2)19-27-20-24(25-15-9-10-16-25)18-26(23-13-7-4-8-14-23)17-22-11-5-3-6-12-22;1-19-7-5-13(23)9-12(19)3-4-14-15-6-8-21(26,17(25)11-22)20(15,2)10-16(24)18(14)19;1-10-4-9-6-5(10)7(13)12(3)8(14)11(6)2/h3-8,11-14,21,24H,9-10,15-20H2,1-2H3;9,14-16,18,22,24,26H,3-8,10-11H2,1-2H3;4H,1-3H3/t;14-,15-,16-,18+,19-,20-,21-;/m.0./s1.